The molecule has 3 atom stereocenters. The molecule has 1 heterocycles. The topological polar surface area (TPSA) is 32.3 Å². The van der Waals surface area contributed by atoms with E-state index in [2.05, 4.69) is 5.32 Å². The molecular formula is C7H10F3NO. The first-order chi connectivity index (χ1) is 5.43. The van der Waals surface area contributed by atoms with E-state index >= 15 is 0 Å². The summed E-state index contributed by atoms with van der Waals surface area (Å²) in [6, 6.07) is -0.137. The lowest BCUT2D eigenvalue weighted by molar-refractivity contribution is -0.274. The van der Waals surface area contributed by atoms with Crippen molar-refractivity contribution in [1.82, 2.24) is 5.32 Å². The highest BCUT2D eigenvalue weighted by Crippen LogP contribution is 2.49. The second kappa shape index (κ2) is 2.14. The Labute approximate surface area is 67.8 Å². The minimum atomic E-state index is -4.46. The van der Waals surface area contributed by atoms with Gasteiger partial charge in [0, 0.05) is 24.9 Å². The minimum Gasteiger partial charge on any atom is -0.380 e. The molecule has 2 nitrogen and oxygen atoms in total. The lowest BCUT2D eigenvalue weighted by atomic mass is 9.89. The van der Waals surface area contributed by atoms with Gasteiger partial charge in [0.05, 0.1) is 0 Å². The summed E-state index contributed by atoms with van der Waals surface area (Å²) in [5.74, 6) is -0.637. The van der Waals surface area contributed by atoms with Crippen LogP contribution in [-0.2, 0) is 0 Å². The average Bonchev–Trinajstić information content (AvgIpc) is 2.43. The van der Waals surface area contributed by atoms with Crippen LogP contribution in [0.15, 0.2) is 0 Å². The summed E-state index contributed by atoms with van der Waals surface area (Å²) in [5, 5.41) is 12.3. The van der Waals surface area contributed by atoms with Crippen LogP contribution in [-0.4, -0.2) is 29.5 Å². The molecule has 1 aliphatic carbocycles. The third-order valence-electron chi connectivity index (χ3n) is 2.95. The van der Waals surface area contributed by atoms with Gasteiger partial charge >= 0.3 is 6.18 Å². The summed E-state index contributed by atoms with van der Waals surface area (Å²) in [6.07, 6.45) is -4.19. The van der Waals surface area contributed by atoms with Gasteiger partial charge < -0.3 is 10.4 Å². The van der Waals surface area contributed by atoms with Crippen molar-refractivity contribution in [3.8, 4) is 0 Å². The Morgan fingerprint density at radius 1 is 1.42 bits per heavy atom. The predicted octanol–water partition coefficient (Wildman–Crippen LogP) is 0.662. The van der Waals surface area contributed by atoms with Crippen LogP contribution in [0, 0.1) is 5.92 Å². The fourth-order valence-corrected chi connectivity index (χ4v) is 2.23. The van der Waals surface area contributed by atoms with Gasteiger partial charge in [-0.05, 0) is 6.42 Å². The monoisotopic (exact) mass is 181 g/mol. The maximum Gasteiger partial charge on any atom is 0.417 e. The highest BCUT2D eigenvalue weighted by molar-refractivity contribution is 5.08. The molecule has 0 amide bonds. The first-order valence-electron chi connectivity index (χ1n) is 3.96. The van der Waals surface area contributed by atoms with Crippen molar-refractivity contribution in [2.45, 2.75) is 30.7 Å². The van der Waals surface area contributed by atoms with Crippen LogP contribution < -0.4 is 5.32 Å². The van der Waals surface area contributed by atoms with Gasteiger partial charge in [-0.3, -0.25) is 0 Å². The molecule has 2 N–H and O–H groups in total. The Balaban J connectivity index is 2.23. The van der Waals surface area contributed by atoms with E-state index in [1.807, 2.05) is 0 Å². The largest absolute Gasteiger partial charge is 0.417 e. The van der Waals surface area contributed by atoms with Crippen molar-refractivity contribution in [1.29, 1.82) is 0 Å². The third kappa shape index (κ3) is 0.894. The molecule has 2 fully saturated rings. The zero-order chi connectivity index (χ0) is 8.98. The predicted molar refractivity (Wildman–Crippen MR) is 35.5 cm³/mol. The van der Waals surface area contributed by atoms with Crippen LogP contribution in [0.5, 0.6) is 0 Å². The Bertz CT molecular complexity index is 205. The molecule has 2 aliphatic rings. The van der Waals surface area contributed by atoms with Crippen LogP contribution in [0.2, 0.25) is 0 Å². The standard InChI is InChI=1S/C7H10F3NO/c8-7(9,10)6(12)2-5-1-4(6)3-11-5/h4-5,11-12H,1-3H2/t4-,5-,6+/m0/s1. The van der Waals surface area contributed by atoms with Gasteiger partial charge in [-0.1, -0.05) is 0 Å². The molecule has 12 heavy (non-hydrogen) atoms. The van der Waals surface area contributed by atoms with Gasteiger partial charge in [0.25, 0.3) is 0 Å². The number of hydrogen-bond donors (Lipinski definition) is 2. The van der Waals surface area contributed by atoms with E-state index in [0.717, 1.165) is 0 Å². The number of piperidine rings is 1. The zero-order valence-corrected chi connectivity index (χ0v) is 6.36. The van der Waals surface area contributed by atoms with Crippen molar-refractivity contribution >= 4 is 0 Å². The van der Waals surface area contributed by atoms with Crippen LogP contribution in [0.3, 0.4) is 0 Å². The van der Waals surface area contributed by atoms with E-state index in [0.29, 0.717) is 13.0 Å². The zero-order valence-electron chi connectivity index (χ0n) is 6.36. The summed E-state index contributed by atoms with van der Waals surface area (Å²) in [6.45, 7) is 0.292. The number of halogens is 3. The third-order valence-corrected chi connectivity index (χ3v) is 2.95. The van der Waals surface area contributed by atoms with Gasteiger partial charge in [-0.15, -0.1) is 0 Å². The maximum absolute atomic E-state index is 12.3. The molecule has 1 saturated carbocycles. The summed E-state index contributed by atoms with van der Waals surface area (Å²) >= 11 is 0. The number of hydrogen-bond acceptors (Lipinski definition) is 2. The van der Waals surface area contributed by atoms with Gasteiger partial charge in [0.15, 0.2) is 5.60 Å². The second-order valence-corrected chi connectivity index (χ2v) is 3.66. The summed E-state index contributed by atoms with van der Waals surface area (Å²) in [5.41, 5.74) is -2.41. The number of rotatable bonds is 0. The smallest absolute Gasteiger partial charge is 0.380 e. The highest BCUT2D eigenvalue weighted by Gasteiger charge is 2.64. The molecule has 0 aromatic carbocycles. The number of fused-ring (bicyclic) bond motifs is 2. The Hall–Kier alpha value is -0.290. The SMILES string of the molecule is O[C@]1(C(F)(F)F)C[C@@H]2C[C@H]1CN2. The van der Waals surface area contributed by atoms with Crippen LogP contribution in [0.1, 0.15) is 12.8 Å². The quantitative estimate of drug-likeness (QED) is 0.575. The maximum atomic E-state index is 12.3. The molecule has 0 radical (unpaired) electrons. The van der Waals surface area contributed by atoms with Crippen molar-refractivity contribution in [3.05, 3.63) is 0 Å². The molecule has 0 spiro atoms. The molecule has 0 aromatic rings. The molecule has 1 saturated heterocycles. The molecular weight excluding hydrogens is 171 g/mol. The van der Waals surface area contributed by atoms with Gasteiger partial charge in [-0.25, -0.2) is 0 Å². The first kappa shape index (κ1) is 8.31. The van der Waals surface area contributed by atoms with Gasteiger partial charge in [-0.2, -0.15) is 13.2 Å². The van der Waals surface area contributed by atoms with E-state index in [9.17, 15) is 18.3 Å². The van der Waals surface area contributed by atoms with Crippen molar-refractivity contribution in [2.75, 3.05) is 6.54 Å². The first-order valence-corrected chi connectivity index (χ1v) is 3.96. The van der Waals surface area contributed by atoms with Crippen LogP contribution >= 0.6 is 0 Å². The second-order valence-electron chi connectivity index (χ2n) is 3.66. The van der Waals surface area contributed by atoms with E-state index < -0.39 is 17.7 Å². The summed E-state index contributed by atoms with van der Waals surface area (Å²) < 4.78 is 37.0. The van der Waals surface area contributed by atoms with Crippen molar-refractivity contribution < 1.29 is 18.3 Å². The Morgan fingerprint density at radius 2 is 2.08 bits per heavy atom. The van der Waals surface area contributed by atoms with E-state index in [1.54, 1.807) is 0 Å². The lowest BCUT2D eigenvalue weighted by Crippen LogP contribution is -2.53. The molecule has 0 unspecified atom stereocenters. The van der Waals surface area contributed by atoms with E-state index in [-0.39, 0.29) is 12.5 Å². The fraction of sp³-hybridized carbons (Fsp3) is 1.00. The molecule has 5 heteroatoms. The highest BCUT2D eigenvalue weighted by atomic mass is 19.4. The lowest BCUT2D eigenvalue weighted by Gasteiger charge is -2.34. The van der Waals surface area contributed by atoms with Crippen molar-refractivity contribution in [2.24, 2.45) is 5.92 Å². The molecule has 70 valence electrons. The minimum absolute atomic E-state index is 0.137. The Kier molecular flexibility index (Phi) is 1.48. The summed E-state index contributed by atoms with van der Waals surface area (Å²) in [7, 11) is 0. The Morgan fingerprint density at radius 3 is 2.33 bits per heavy atom. The number of alkyl halides is 3. The molecule has 2 bridgehead atoms. The van der Waals surface area contributed by atoms with E-state index in [1.165, 1.54) is 0 Å². The number of aliphatic hydroxyl groups is 1. The van der Waals surface area contributed by atoms with Crippen molar-refractivity contribution in [3.63, 3.8) is 0 Å². The van der Waals surface area contributed by atoms with Crippen LogP contribution in [0.25, 0.3) is 0 Å². The fourth-order valence-electron chi connectivity index (χ4n) is 2.23. The average molecular weight is 181 g/mol. The van der Waals surface area contributed by atoms with E-state index in [4.69, 9.17) is 0 Å². The molecule has 1 aliphatic heterocycles. The molecule has 0 aromatic heterocycles. The van der Waals surface area contributed by atoms with Gasteiger partial charge in [0.1, 0.15) is 0 Å². The van der Waals surface area contributed by atoms with Crippen LogP contribution in [0.4, 0.5) is 13.2 Å². The normalized spacial score (nSPS) is 47.0. The molecule has 2 rings (SSSR count). The number of nitrogens with one attached hydrogen (secondary N) is 1. The summed E-state index contributed by atoms with van der Waals surface area (Å²) in [4.78, 5) is 0. The van der Waals surface area contributed by atoms with Gasteiger partial charge in [0.2, 0.25) is 0 Å².